The van der Waals surface area contributed by atoms with Gasteiger partial charge in [-0.15, -0.1) is 0 Å². The smallest absolute Gasteiger partial charge is 0.336 e. The van der Waals surface area contributed by atoms with Gasteiger partial charge >= 0.3 is 17.9 Å². The van der Waals surface area contributed by atoms with Gasteiger partial charge in [-0.25, -0.2) is 14.8 Å². The average Bonchev–Trinajstić information content (AvgIpc) is 2.84. The van der Waals surface area contributed by atoms with E-state index in [4.69, 9.17) is 30.5 Å². The van der Waals surface area contributed by atoms with Crippen molar-refractivity contribution in [2.45, 2.75) is 19.8 Å². The number of hydrogen-bond acceptors (Lipinski definition) is 9. The highest BCUT2D eigenvalue weighted by atomic mass is 35.5. The fourth-order valence-corrected chi connectivity index (χ4v) is 3.96. The molecule has 0 radical (unpaired) electrons. The molecule has 2 unspecified atom stereocenters. The second-order valence-corrected chi connectivity index (χ2v) is 7.67. The van der Waals surface area contributed by atoms with Crippen molar-refractivity contribution in [3.05, 3.63) is 64.6 Å². The minimum atomic E-state index is -0.841. The molecule has 0 fully saturated rings. The molecule has 0 saturated heterocycles. The van der Waals surface area contributed by atoms with E-state index < -0.39 is 23.8 Å². The zero-order valence-electron chi connectivity index (χ0n) is 19.2. The predicted octanol–water partition coefficient (Wildman–Crippen LogP) is 3.39. The third-order valence-corrected chi connectivity index (χ3v) is 5.49. The van der Waals surface area contributed by atoms with E-state index in [9.17, 15) is 9.59 Å². The topological polar surface area (TPSA) is 109 Å². The van der Waals surface area contributed by atoms with Crippen molar-refractivity contribution in [1.82, 2.24) is 9.97 Å². The minimum Gasteiger partial charge on any atom is -0.468 e. The van der Waals surface area contributed by atoms with Gasteiger partial charge in [-0.05, 0) is 31.5 Å². The highest BCUT2D eigenvalue weighted by Gasteiger charge is 2.43. The maximum absolute atomic E-state index is 13.1. The molecule has 0 N–H and O–H groups in total. The number of ether oxygens (including phenoxy) is 4. The molecular formula is C24H26ClN3O6. The first-order valence-corrected chi connectivity index (χ1v) is 11.1. The highest BCUT2D eigenvalue weighted by Crippen LogP contribution is 2.42. The van der Waals surface area contributed by atoms with E-state index in [0.717, 1.165) is 0 Å². The summed E-state index contributed by atoms with van der Waals surface area (Å²) in [5, 5.41) is 0.412. The van der Waals surface area contributed by atoms with E-state index >= 15 is 0 Å². The molecule has 2 atom stereocenters. The van der Waals surface area contributed by atoms with Crippen LogP contribution in [-0.4, -0.2) is 61.2 Å². The van der Waals surface area contributed by atoms with Gasteiger partial charge in [0, 0.05) is 29.0 Å². The number of aliphatic imine (C=N–C) groups is 1. The number of esters is 2. The number of hydrogen-bond donors (Lipinski definition) is 0. The molecule has 9 nitrogen and oxygen atoms in total. The number of carbonyl (C=O) groups excluding carboxylic acids is 2. The van der Waals surface area contributed by atoms with Crippen molar-refractivity contribution in [1.29, 1.82) is 0 Å². The molecule has 3 rings (SSSR count). The number of rotatable bonds is 10. The van der Waals surface area contributed by atoms with E-state index in [2.05, 4.69) is 15.0 Å². The molecule has 10 heteroatoms. The van der Waals surface area contributed by atoms with Gasteiger partial charge in [0.25, 0.3) is 0 Å². The standard InChI is InChI=1S/C24H26ClN3O6/c1-4-33-23(30)21-18(14-32-12-13-34-24-26-10-7-11-27-24)28-15(2)19(22(29)31-3)20(21)16-8-5-6-9-17(16)25/h5-11,19-20H,4,12-14H2,1-3H3. The summed E-state index contributed by atoms with van der Waals surface area (Å²) in [6.07, 6.45) is 3.15. The molecule has 0 bridgehead atoms. The zero-order valence-corrected chi connectivity index (χ0v) is 19.9. The number of methoxy groups -OCH3 is 1. The minimum absolute atomic E-state index is 0.000655. The Balaban J connectivity index is 1.91. The van der Waals surface area contributed by atoms with Crippen LogP contribution in [0.1, 0.15) is 25.3 Å². The summed E-state index contributed by atoms with van der Waals surface area (Å²) in [4.78, 5) is 38.4. The Hall–Kier alpha value is -3.30. The molecule has 34 heavy (non-hydrogen) atoms. The van der Waals surface area contributed by atoms with Gasteiger partial charge in [0.15, 0.2) is 0 Å². The van der Waals surface area contributed by atoms with Crippen LogP contribution in [0.15, 0.2) is 59.0 Å². The molecular weight excluding hydrogens is 462 g/mol. The van der Waals surface area contributed by atoms with E-state index in [0.29, 0.717) is 22.0 Å². The highest BCUT2D eigenvalue weighted by molar-refractivity contribution is 6.31. The van der Waals surface area contributed by atoms with Crippen LogP contribution in [0.3, 0.4) is 0 Å². The number of carbonyl (C=O) groups is 2. The largest absolute Gasteiger partial charge is 0.468 e. The third kappa shape index (κ3) is 5.98. The lowest BCUT2D eigenvalue weighted by atomic mass is 9.75. The molecule has 2 heterocycles. The van der Waals surface area contributed by atoms with Gasteiger partial charge in [-0.1, -0.05) is 29.8 Å². The van der Waals surface area contributed by atoms with E-state index in [1.807, 2.05) is 0 Å². The SMILES string of the molecule is CCOC(=O)C1=C(COCCOc2ncccn2)N=C(C)C(C(=O)OC)C1c1ccccc1Cl. The van der Waals surface area contributed by atoms with Crippen molar-refractivity contribution >= 4 is 29.3 Å². The van der Waals surface area contributed by atoms with Crippen molar-refractivity contribution < 1.29 is 28.5 Å². The number of aromatic nitrogens is 2. The first-order chi connectivity index (χ1) is 16.5. The van der Waals surface area contributed by atoms with E-state index in [-0.39, 0.29) is 38.0 Å². The molecule has 1 aliphatic heterocycles. The van der Waals surface area contributed by atoms with Gasteiger partial charge in [0.05, 0.1) is 38.2 Å². The molecule has 0 aliphatic carbocycles. The summed E-state index contributed by atoms with van der Waals surface area (Å²) in [6, 6.07) is 8.97. The van der Waals surface area contributed by atoms with E-state index in [1.54, 1.807) is 56.6 Å². The maximum Gasteiger partial charge on any atom is 0.336 e. The lowest BCUT2D eigenvalue weighted by molar-refractivity contribution is -0.144. The van der Waals surface area contributed by atoms with Crippen LogP contribution < -0.4 is 4.74 Å². The Kier molecular flexibility index (Phi) is 9.12. The Morgan fingerprint density at radius 2 is 1.82 bits per heavy atom. The van der Waals surface area contributed by atoms with Gasteiger partial charge in [0.2, 0.25) is 0 Å². The number of nitrogens with zero attached hydrogens (tertiary/aromatic N) is 3. The van der Waals surface area contributed by atoms with Crippen LogP contribution in [0.5, 0.6) is 6.01 Å². The predicted molar refractivity (Wildman–Crippen MR) is 125 cm³/mol. The summed E-state index contributed by atoms with van der Waals surface area (Å²) in [6.45, 7) is 3.97. The second kappa shape index (κ2) is 12.2. The van der Waals surface area contributed by atoms with Gasteiger partial charge in [0.1, 0.15) is 12.5 Å². The molecule has 1 aromatic carbocycles. The molecule has 180 valence electrons. The van der Waals surface area contributed by atoms with Crippen molar-refractivity contribution in [2.24, 2.45) is 10.9 Å². The monoisotopic (exact) mass is 487 g/mol. The van der Waals surface area contributed by atoms with Crippen molar-refractivity contribution in [3.63, 3.8) is 0 Å². The van der Waals surface area contributed by atoms with Gasteiger partial charge in [-0.2, -0.15) is 0 Å². The Morgan fingerprint density at radius 1 is 1.09 bits per heavy atom. The summed E-state index contributed by atoms with van der Waals surface area (Å²) >= 11 is 6.49. The zero-order chi connectivity index (χ0) is 24.5. The molecule has 1 aliphatic rings. The fraction of sp³-hybridized carbons (Fsp3) is 0.375. The fourth-order valence-electron chi connectivity index (χ4n) is 3.71. The lowest BCUT2D eigenvalue weighted by Crippen LogP contribution is -2.37. The summed E-state index contributed by atoms with van der Waals surface area (Å²) < 4.78 is 21.5. The van der Waals surface area contributed by atoms with Crippen molar-refractivity contribution in [2.75, 3.05) is 33.5 Å². The van der Waals surface area contributed by atoms with Crippen LogP contribution >= 0.6 is 11.6 Å². The van der Waals surface area contributed by atoms with Crippen LogP contribution in [0.25, 0.3) is 0 Å². The van der Waals surface area contributed by atoms with Crippen LogP contribution in [0.4, 0.5) is 0 Å². The van der Waals surface area contributed by atoms with Crippen molar-refractivity contribution in [3.8, 4) is 6.01 Å². The second-order valence-electron chi connectivity index (χ2n) is 7.27. The maximum atomic E-state index is 13.1. The van der Waals surface area contributed by atoms with E-state index in [1.165, 1.54) is 7.11 Å². The Bertz CT molecular complexity index is 1070. The van der Waals surface area contributed by atoms with Crippen LogP contribution in [0, 0.1) is 5.92 Å². The number of benzene rings is 1. The Labute approximate surface area is 202 Å². The Morgan fingerprint density at radius 3 is 2.50 bits per heavy atom. The summed E-state index contributed by atoms with van der Waals surface area (Å²) in [7, 11) is 1.29. The summed E-state index contributed by atoms with van der Waals surface area (Å²) in [5.41, 5.74) is 1.65. The first-order valence-electron chi connectivity index (χ1n) is 10.7. The quantitative estimate of drug-likeness (QED) is 0.370. The van der Waals surface area contributed by atoms with Gasteiger partial charge < -0.3 is 18.9 Å². The van der Waals surface area contributed by atoms with Crippen LogP contribution in [-0.2, 0) is 23.8 Å². The average molecular weight is 488 g/mol. The molecule has 0 spiro atoms. The lowest BCUT2D eigenvalue weighted by Gasteiger charge is -2.32. The summed E-state index contributed by atoms with van der Waals surface area (Å²) in [5.74, 6) is -2.70. The first kappa shape index (κ1) is 25.3. The normalized spacial score (nSPS) is 17.7. The third-order valence-electron chi connectivity index (χ3n) is 5.15. The van der Waals surface area contributed by atoms with Gasteiger partial charge in [-0.3, -0.25) is 9.79 Å². The molecule has 0 saturated carbocycles. The molecule has 0 amide bonds. The molecule has 2 aromatic rings. The van der Waals surface area contributed by atoms with Crippen LogP contribution in [0.2, 0.25) is 5.02 Å². The number of halogens is 1. The molecule has 1 aromatic heterocycles.